The third kappa shape index (κ3) is 3.25. The van der Waals surface area contributed by atoms with Crippen LogP contribution in [-0.4, -0.2) is 34.0 Å². The van der Waals surface area contributed by atoms with Crippen molar-refractivity contribution in [3.05, 3.63) is 60.2 Å². The molecule has 0 bridgehead atoms. The number of aromatic nitrogens is 2. The summed E-state index contributed by atoms with van der Waals surface area (Å²) in [5, 5.41) is 12.5. The zero-order valence-corrected chi connectivity index (χ0v) is 14.6. The van der Waals surface area contributed by atoms with Crippen LogP contribution in [0.2, 0.25) is 0 Å². The lowest BCUT2D eigenvalue weighted by Crippen LogP contribution is -2.12. The predicted molar refractivity (Wildman–Crippen MR) is 103 cm³/mol. The fourth-order valence-electron chi connectivity index (χ4n) is 3.03. The van der Waals surface area contributed by atoms with Gasteiger partial charge >= 0.3 is 0 Å². The Kier molecular flexibility index (Phi) is 4.68. The Hall–Kier alpha value is -2.37. The summed E-state index contributed by atoms with van der Waals surface area (Å²) < 4.78 is 0. The molecule has 1 aliphatic rings. The Morgan fingerprint density at radius 2 is 1.80 bits per heavy atom. The van der Waals surface area contributed by atoms with Crippen molar-refractivity contribution in [1.82, 2.24) is 9.97 Å². The molecule has 0 amide bonds. The third-order valence-electron chi connectivity index (χ3n) is 4.20. The van der Waals surface area contributed by atoms with Crippen LogP contribution in [0.3, 0.4) is 0 Å². The number of thioether (sulfide) groups is 1. The number of aliphatic hydroxyl groups is 1. The van der Waals surface area contributed by atoms with Crippen LogP contribution in [-0.2, 0) is 6.42 Å². The van der Waals surface area contributed by atoms with Gasteiger partial charge in [-0.3, -0.25) is 0 Å². The van der Waals surface area contributed by atoms with Crippen LogP contribution >= 0.6 is 11.8 Å². The normalized spacial score (nSPS) is 12.8. The summed E-state index contributed by atoms with van der Waals surface area (Å²) in [6.45, 7) is 0.553. The van der Waals surface area contributed by atoms with E-state index in [-0.39, 0.29) is 6.61 Å². The Labute approximate surface area is 151 Å². The van der Waals surface area contributed by atoms with E-state index in [0.29, 0.717) is 12.4 Å². The van der Waals surface area contributed by atoms with E-state index in [9.17, 15) is 5.11 Å². The highest BCUT2D eigenvalue weighted by Gasteiger charge is 2.21. The van der Waals surface area contributed by atoms with Gasteiger partial charge in [-0.05, 0) is 12.5 Å². The van der Waals surface area contributed by atoms with Crippen LogP contribution in [0.15, 0.2) is 59.5 Å². The van der Waals surface area contributed by atoms with Crippen LogP contribution in [0.25, 0.3) is 22.6 Å². The van der Waals surface area contributed by atoms with E-state index in [1.807, 2.05) is 42.1 Å². The maximum absolute atomic E-state index is 9.22. The molecule has 0 radical (unpaired) electrons. The largest absolute Gasteiger partial charge is 0.395 e. The molecule has 0 atom stereocenters. The number of aliphatic hydroxyl groups excluding tert-OH is 1. The van der Waals surface area contributed by atoms with Crippen molar-refractivity contribution >= 4 is 17.6 Å². The molecule has 0 saturated carbocycles. The zero-order valence-electron chi connectivity index (χ0n) is 13.8. The molecule has 0 aliphatic carbocycles. The Balaban J connectivity index is 1.92. The van der Waals surface area contributed by atoms with Crippen LogP contribution in [0.1, 0.15) is 5.56 Å². The molecule has 0 unspecified atom stereocenters. The lowest BCUT2D eigenvalue weighted by molar-refractivity contribution is 0.311. The topological polar surface area (TPSA) is 58.0 Å². The lowest BCUT2D eigenvalue weighted by atomic mass is 10.0. The van der Waals surface area contributed by atoms with Gasteiger partial charge in [0.05, 0.1) is 12.3 Å². The first-order valence-corrected chi connectivity index (χ1v) is 9.38. The van der Waals surface area contributed by atoms with Gasteiger partial charge in [0.1, 0.15) is 5.82 Å². The monoisotopic (exact) mass is 349 g/mol. The summed E-state index contributed by atoms with van der Waals surface area (Å²) in [7, 11) is 0. The maximum atomic E-state index is 9.22. The first-order chi connectivity index (χ1) is 12.4. The van der Waals surface area contributed by atoms with Crippen LogP contribution < -0.4 is 5.32 Å². The minimum atomic E-state index is 0.0742. The summed E-state index contributed by atoms with van der Waals surface area (Å²) in [5.74, 6) is 2.53. The third-order valence-corrected chi connectivity index (χ3v) is 5.27. The number of fused-ring (bicyclic) bond motifs is 3. The second-order valence-corrected chi connectivity index (χ2v) is 6.97. The molecule has 126 valence electrons. The van der Waals surface area contributed by atoms with E-state index in [1.54, 1.807) is 0 Å². The molecule has 0 saturated heterocycles. The van der Waals surface area contributed by atoms with E-state index in [2.05, 4.69) is 29.6 Å². The van der Waals surface area contributed by atoms with Crippen molar-refractivity contribution in [3.8, 4) is 22.6 Å². The number of rotatable bonds is 4. The molecule has 2 aromatic carbocycles. The summed E-state index contributed by atoms with van der Waals surface area (Å²) in [4.78, 5) is 10.9. The Morgan fingerprint density at radius 3 is 2.64 bits per heavy atom. The molecule has 5 heteroatoms. The van der Waals surface area contributed by atoms with Crippen molar-refractivity contribution in [2.24, 2.45) is 0 Å². The molecular formula is C20H19N3OS. The van der Waals surface area contributed by atoms with Crippen molar-refractivity contribution in [3.63, 3.8) is 0 Å². The van der Waals surface area contributed by atoms with Gasteiger partial charge in [0.15, 0.2) is 5.82 Å². The SMILES string of the molecule is OCCNc1nc(-c2ccccc2)nc2c1CCSc1ccccc1-2. The number of nitrogens with zero attached hydrogens (tertiary/aromatic N) is 2. The minimum absolute atomic E-state index is 0.0742. The smallest absolute Gasteiger partial charge is 0.162 e. The number of nitrogens with one attached hydrogen (secondary N) is 1. The van der Waals surface area contributed by atoms with Gasteiger partial charge in [-0.15, -0.1) is 11.8 Å². The van der Waals surface area contributed by atoms with Crippen molar-refractivity contribution in [1.29, 1.82) is 0 Å². The van der Waals surface area contributed by atoms with E-state index in [1.165, 1.54) is 4.90 Å². The highest BCUT2D eigenvalue weighted by atomic mass is 32.2. The summed E-state index contributed by atoms with van der Waals surface area (Å²) in [5.41, 5.74) is 4.28. The fraction of sp³-hybridized carbons (Fsp3) is 0.200. The van der Waals surface area contributed by atoms with Gasteiger partial charge in [-0.2, -0.15) is 0 Å². The van der Waals surface area contributed by atoms with Gasteiger partial charge in [0, 0.05) is 33.9 Å². The van der Waals surface area contributed by atoms with Crippen molar-refractivity contribution < 1.29 is 5.11 Å². The standard InChI is InChI=1S/C20H19N3OS/c24-12-11-21-20-16-10-13-25-17-9-5-4-8-15(17)18(16)22-19(23-20)14-6-2-1-3-7-14/h1-9,24H,10-13H2,(H,21,22,23). The number of hydrogen-bond donors (Lipinski definition) is 2. The van der Waals surface area contributed by atoms with E-state index < -0.39 is 0 Å². The molecule has 3 aromatic rings. The highest BCUT2D eigenvalue weighted by Crippen LogP contribution is 2.39. The van der Waals surface area contributed by atoms with Crippen LogP contribution in [0, 0.1) is 0 Å². The summed E-state index contributed by atoms with van der Waals surface area (Å²) in [6.07, 6.45) is 0.900. The maximum Gasteiger partial charge on any atom is 0.162 e. The van der Waals surface area contributed by atoms with Crippen molar-refractivity contribution in [2.45, 2.75) is 11.3 Å². The quantitative estimate of drug-likeness (QED) is 0.749. The lowest BCUT2D eigenvalue weighted by Gasteiger charge is -2.15. The second-order valence-electron chi connectivity index (χ2n) is 5.83. The zero-order chi connectivity index (χ0) is 17.1. The van der Waals surface area contributed by atoms with E-state index in [0.717, 1.165) is 40.4 Å². The molecular weight excluding hydrogens is 330 g/mol. The fourth-order valence-corrected chi connectivity index (χ4v) is 4.05. The Morgan fingerprint density at radius 1 is 1.00 bits per heavy atom. The molecule has 4 nitrogen and oxygen atoms in total. The summed E-state index contributed by atoms with van der Waals surface area (Å²) in [6, 6.07) is 18.4. The van der Waals surface area contributed by atoms with Crippen LogP contribution in [0.4, 0.5) is 5.82 Å². The van der Waals surface area contributed by atoms with Gasteiger partial charge in [-0.1, -0.05) is 48.5 Å². The van der Waals surface area contributed by atoms with Gasteiger partial charge in [-0.25, -0.2) is 9.97 Å². The second kappa shape index (κ2) is 7.25. The molecule has 2 N–H and O–H groups in total. The summed E-state index contributed by atoms with van der Waals surface area (Å²) >= 11 is 1.86. The number of hydrogen-bond acceptors (Lipinski definition) is 5. The van der Waals surface area contributed by atoms with Crippen molar-refractivity contribution in [2.75, 3.05) is 24.2 Å². The molecule has 4 rings (SSSR count). The molecule has 0 spiro atoms. The van der Waals surface area contributed by atoms with Gasteiger partial charge < -0.3 is 10.4 Å². The minimum Gasteiger partial charge on any atom is -0.395 e. The van der Waals surface area contributed by atoms with E-state index >= 15 is 0 Å². The molecule has 1 aliphatic heterocycles. The molecule has 2 heterocycles. The molecule has 1 aromatic heterocycles. The van der Waals surface area contributed by atoms with Gasteiger partial charge in [0.2, 0.25) is 0 Å². The van der Waals surface area contributed by atoms with Crippen LogP contribution in [0.5, 0.6) is 0 Å². The average molecular weight is 349 g/mol. The number of benzene rings is 2. The first kappa shape index (κ1) is 16.1. The Bertz CT molecular complexity index is 883. The van der Waals surface area contributed by atoms with Gasteiger partial charge in [0.25, 0.3) is 0 Å². The highest BCUT2D eigenvalue weighted by molar-refractivity contribution is 7.99. The molecule has 25 heavy (non-hydrogen) atoms. The first-order valence-electron chi connectivity index (χ1n) is 8.40. The average Bonchev–Trinajstić information content (AvgIpc) is 2.86. The molecule has 0 fully saturated rings. The number of anilines is 1. The van der Waals surface area contributed by atoms with E-state index in [4.69, 9.17) is 9.97 Å². The predicted octanol–water partition coefficient (Wildman–Crippen LogP) is 3.86.